The third kappa shape index (κ3) is 14.8. The molecule has 0 saturated carbocycles. The maximum absolute atomic E-state index is 14.4. The van der Waals surface area contributed by atoms with Crippen LogP contribution >= 0.6 is 23.2 Å². The van der Waals surface area contributed by atoms with Gasteiger partial charge in [-0.3, -0.25) is 28.5 Å². The van der Waals surface area contributed by atoms with E-state index < -0.39 is 42.0 Å². The topological polar surface area (TPSA) is 349 Å². The Balaban J connectivity index is 0.000000173. The van der Waals surface area contributed by atoms with E-state index in [1.54, 1.807) is 58.4 Å². The lowest BCUT2D eigenvalue weighted by Gasteiger charge is -2.19. The third-order valence-corrected chi connectivity index (χ3v) is 18.1. The van der Waals surface area contributed by atoms with E-state index in [1.165, 1.54) is 106 Å². The van der Waals surface area contributed by atoms with Crippen molar-refractivity contribution in [2.75, 3.05) is 47.1 Å². The van der Waals surface area contributed by atoms with E-state index >= 15 is 0 Å². The zero-order chi connectivity index (χ0) is 64.7. The summed E-state index contributed by atoms with van der Waals surface area (Å²) in [6.45, 7) is 2.55. The molecule has 1 aliphatic rings. The van der Waals surface area contributed by atoms with Crippen molar-refractivity contribution in [1.82, 2.24) is 37.3 Å². The lowest BCUT2D eigenvalue weighted by atomic mass is 10.1. The number of anilines is 3. The molecule has 0 atom stereocenters. The van der Waals surface area contributed by atoms with Gasteiger partial charge in [-0.1, -0.05) is 30.1 Å². The zero-order valence-corrected chi connectivity index (χ0v) is 51.8. The summed E-state index contributed by atoms with van der Waals surface area (Å²) >= 11 is 12.5. The molecule has 1 fully saturated rings. The molecule has 1 aliphatic heterocycles. The number of ether oxygens (including phenoxy) is 3. The summed E-state index contributed by atoms with van der Waals surface area (Å²) in [6.07, 6.45) is 6.17. The lowest BCUT2D eigenvalue weighted by Crippen LogP contribution is -2.33. The highest BCUT2D eigenvalue weighted by molar-refractivity contribution is 7.92. The van der Waals surface area contributed by atoms with Gasteiger partial charge in [0, 0.05) is 48.3 Å². The molecule has 26 nitrogen and oxygen atoms in total. The van der Waals surface area contributed by atoms with Gasteiger partial charge in [-0.05, 0) is 110 Å². The first-order valence-corrected chi connectivity index (χ1v) is 31.5. The number of sulfonamides is 1. The molecular weight excluding hydrogens is 1260 g/mol. The fourth-order valence-electron chi connectivity index (χ4n) is 8.52. The fraction of sp³-hybridized carbons (Fsp3) is 0.211. The second kappa shape index (κ2) is 27.1. The average molecular weight is 1310 g/mol. The molecule has 3 N–H and O–H groups in total. The van der Waals surface area contributed by atoms with Crippen LogP contribution in [0.1, 0.15) is 42.9 Å². The number of aromatic nitrogens is 6. The number of hydrogen-bond acceptors (Lipinski definition) is 18. The van der Waals surface area contributed by atoms with E-state index in [2.05, 4.69) is 29.1 Å². The van der Waals surface area contributed by atoms with Gasteiger partial charge in [0.1, 0.15) is 52.1 Å². The number of nitrogens with one attached hydrogen (secondary N) is 3. The Morgan fingerprint density at radius 1 is 0.562 bits per heavy atom. The van der Waals surface area contributed by atoms with Crippen LogP contribution in [-0.4, -0.2) is 95.5 Å². The average Bonchev–Trinajstić information content (AvgIpc) is 2.43. The number of nitrogens with zero attached hydrogens (tertiary/aromatic N) is 11. The van der Waals surface area contributed by atoms with Crippen LogP contribution in [-0.2, 0) is 51.6 Å². The number of halogens is 3. The van der Waals surface area contributed by atoms with Crippen LogP contribution in [0.5, 0.6) is 34.5 Å². The second-order valence-corrected chi connectivity index (χ2v) is 25.8. The maximum atomic E-state index is 14.4. The predicted molar refractivity (Wildman–Crippen MR) is 332 cm³/mol. The molecule has 0 bridgehead atoms. The monoisotopic (exact) mass is 1310 g/mol. The summed E-state index contributed by atoms with van der Waals surface area (Å²) in [5.74, 6) is -0.870. The first-order chi connectivity index (χ1) is 42.2. The maximum Gasteiger partial charge on any atom is 0.301 e. The number of rotatable bonds is 16. The van der Waals surface area contributed by atoms with Crippen molar-refractivity contribution in [1.29, 1.82) is 15.8 Å². The van der Waals surface area contributed by atoms with Gasteiger partial charge in [0.25, 0.3) is 16.7 Å². The highest BCUT2D eigenvalue weighted by Gasteiger charge is 2.28. The van der Waals surface area contributed by atoms with Crippen molar-refractivity contribution in [2.24, 2.45) is 21.1 Å². The molecular formula is C57H51Cl2FN14O12S3. The largest absolute Gasteiger partial charge is 0.454 e. The predicted octanol–water partition coefficient (Wildman–Crippen LogP) is 8.36. The van der Waals surface area contributed by atoms with Gasteiger partial charge < -0.3 is 27.9 Å². The van der Waals surface area contributed by atoms with Crippen LogP contribution in [0.4, 0.5) is 21.5 Å². The molecule has 9 aromatic rings. The van der Waals surface area contributed by atoms with Crippen molar-refractivity contribution in [3.8, 4) is 52.7 Å². The van der Waals surface area contributed by atoms with Crippen LogP contribution in [0.25, 0.3) is 32.7 Å². The normalized spacial score (nSPS) is 12.4. The van der Waals surface area contributed by atoms with Crippen molar-refractivity contribution in [3.63, 3.8) is 0 Å². The second-order valence-electron chi connectivity index (χ2n) is 19.6. The van der Waals surface area contributed by atoms with Crippen molar-refractivity contribution < 1.29 is 43.9 Å². The van der Waals surface area contributed by atoms with Crippen LogP contribution in [0.15, 0.2) is 124 Å². The molecule has 0 spiro atoms. The highest BCUT2D eigenvalue weighted by atomic mass is 35.5. The Morgan fingerprint density at radius 3 is 1.33 bits per heavy atom. The molecule has 0 aliphatic carbocycles. The van der Waals surface area contributed by atoms with E-state index in [0.29, 0.717) is 46.8 Å². The molecule has 32 heteroatoms. The van der Waals surface area contributed by atoms with Crippen LogP contribution in [0.2, 0.25) is 10.0 Å². The smallest absolute Gasteiger partial charge is 0.301 e. The van der Waals surface area contributed by atoms with Gasteiger partial charge in [-0.15, -0.1) is 0 Å². The summed E-state index contributed by atoms with van der Waals surface area (Å²) < 4.78 is 118. The van der Waals surface area contributed by atoms with Crippen molar-refractivity contribution >= 4 is 103 Å². The Bertz CT molecular complexity index is 4970. The van der Waals surface area contributed by atoms with E-state index in [-0.39, 0.29) is 100 Å². The molecule has 0 amide bonds. The minimum absolute atomic E-state index is 0.00847. The van der Waals surface area contributed by atoms with Gasteiger partial charge in [0.2, 0.25) is 10.0 Å². The summed E-state index contributed by atoms with van der Waals surface area (Å²) in [6, 6.07) is 27.2. The van der Waals surface area contributed by atoms with Crippen LogP contribution in [0, 0.1) is 39.8 Å². The number of benzene rings is 6. The summed E-state index contributed by atoms with van der Waals surface area (Å²) in [4.78, 5) is 49.4. The molecule has 0 unspecified atom stereocenters. The number of fused-ring (bicyclic) bond motifs is 3. The zero-order valence-electron chi connectivity index (χ0n) is 47.8. The first-order valence-electron chi connectivity index (χ1n) is 26.3. The van der Waals surface area contributed by atoms with Gasteiger partial charge in [-0.25, -0.2) is 27.8 Å². The van der Waals surface area contributed by atoms with Gasteiger partial charge in [0.15, 0.2) is 23.1 Å². The molecule has 89 heavy (non-hydrogen) atoms. The lowest BCUT2D eigenvalue weighted by molar-refractivity contribution is 0.441. The minimum atomic E-state index is -3.84. The molecule has 1 saturated heterocycles. The first kappa shape index (κ1) is 65.3. The van der Waals surface area contributed by atoms with Gasteiger partial charge >= 0.3 is 20.4 Å². The van der Waals surface area contributed by atoms with E-state index in [9.17, 15) is 59.8 Å². The Labute approximate surface area is 518 Å². The van der Waals surface area contributed by atoms with Crippen molar-refractivity contribution in [2.45, 2.75) is 26.2 Å². The van der Waals surface area contributed by atoms with E-state index in [4.69, 9.17) is 37.4 Å². The van der Waals surface area contributed by atoms with E-state index in [1.807, 2.05) is 12.1 Å². The summed E-state index contributed by atoms with van der Waals surface area (Å²) in [5.41, 5.74) is 0.106. The quantitative estimate of drug-likeness (QED) is 0.0817. The molecule has 460 valence electrons. The Kier molecular flexibility index (Phi) is 19.9. The molecule has 10 rings (SSSR count). The van der Waals surface area contributed by atoms with Crippen LogP contribution in [0.3, 0.4) is 0 Å². The van der Waals surface area contributed by atoms with Crippen molar-refractivity contribution in [3.05, 3.63) is 174 Å². The molecule has 3 aromatic heterocycles. The number of nitriles is 3. The highest BCUT2D eigenvalue weighted by Crippen LogP contribution is 2.40. The molecule has 6 aromatic carbocycles. The Hall–Kier alpha value is -9.71. The molecule has 4 heterocycles. The molecule has 0 radical (unpaired) electrons. The Morgan fingerprint density at radius 2 is 0.933 bits per heavy atom. The minimum Gasteiger partial charge on any atom is -0.454 e. The van der Waals surface area contributed by atoms with Gasteiger partial charge in [-0.2, -0.15) is 41.2 Å². The standard InChI is InChI=1S/C20H18ClN5O4S.C19H17FN4O4S.C18H16ClN5O4S/c1-25-12-23-17-6-4-13(10-14(17)20(25)27)30-19-15(11-22)18(7-5-16(19)21)24-31(28,29)26-8-2-3-9-26;1-3-8-29(26,27)23-17-7-5-15(20)18(14(17)10-21)28-12-4-6-16-13(9-12)19(25)24(2)11-22-16;1-23(2)29(26,27)22-16-7-5-14(19)17(13(16)9-20)28-11-4-6-15-12(8-11)18(25)24(3)10-21-15/h4-7,10,12,24H,2-3,8-9H2,1H3;4-7,9,11,23H,3,8H2,1-2H3;4-8,10,22H,1-3H3. The van der Waals surface area contributed by atoms with Gasteiger partial charge in [0.05, 0.1) is 84.6 Å². The SMILES string of the molecule is CCCS(=O)(=O)Nc1ccc(F)c(Oc2ccc3ncn(C)c(=O)c3c2)c1C#N.CN(C)S(=O)(=O)Nc1ccc(Cl)c(Oc2ccc3ncn(C)c(=O)c3c2)c1C#N.Cn1cnc2ccc(Oc3c(Cl)ccc(NS(=O)(=O)N4CCCC4)c3C#N)cc2c1=O. The number of aryl methyl sites for hydroxylation is 3. The summed E-state index contributed by atoms with van der Waals surface area (Å²) in [5, 5.41) is 29.9. The fourth-order valence-corrected chi connectivity index (χ4v) is 12.0. The summed E-state index contributed by atoms with van der Waals surface area (Å²) in [7, 11) is -3.93. The van der Waals surface area contributed by atoms with E-state index in [0.717, 1.165) is 29.3 Å². The van der Waals surface area contributed by atoms with Crippen LogP contribution < -0.4 is 45.1 Å². The third-order valence-electron chi connectivity index (χ3n) is 13.1. The number of hydrogen-bond donors (Lipinski definition) is 3.